The van der Waals surface area contributed by atoms with Gasteiger partial charge in [-0.3, -0.25) is 4.79 Å². The third-order valence-corrected chi connectivity index (χ3v) is 3.35. The molecule has 0 radical (unpaired) electrons. The van der Waals surface area contributed by atoms with Crippen LogP contribution in [0.25, 0.3) is 0 Å². The molecule has 1 aromatic carbocycles. The Morgan fingerprint density at radius 1 is 1.26 bits per heavy atom. The van der Waals surface area contributed by atoms with Crippen LogP contribution in [0.4, 0.5) is 0 Å². The van der Waals surface area contributed by atoms with Gasteiger partial charge >= 0.3 is 0 Å². The largest absolute Gasteiger partial charge is 0.355 e. The molecule has 0 aliphatic heterocycles. The van der Waals surface area contributed by atoms with Crippen LogP contribution in [0, 0.1) is 0 Å². The van der Waals surface area contributed by atoms with Crippen molar-refractivity contribution in [2.24, 2.45) is 0 Å². The lowest BCUT2D eigenvalue weighted by molar-refractivity contribution is -0.122. The van der Waals surface area contributed by atoms with Gasteiger partial charge in [0.15, 0.2) is 0 Å². The summed E-state index contributed by atoms with van der Waals surface area (Å²) in [6, 6.07) is 10.2. The average Bonchev–Trinajstić information content (AvgIpc) is 2.43. The van der Waals surface area contributed by atoms with Crippen molar-refractivity contribution in [1.29, 1.82) is 0 Å². The van der Waals surface area contributed by atoms with E-state index < -0.39 is 0 Å². The Morgan fingerprint density at radius 2 is 1.89 bits per heavy atom. The van der Waals surface area contributed by atoms with E-state index in [9.17, 15) is 4.79 Å². The first kappa shape index (κ1) is 15.7. The number of hydrogen-bond donors (Lipinski definition) is 2. The van der Waals surface area contributed by atoms with Gasteiger partial charge in [0.25, 0.3) is 0 Å². The van der Waals surface area contributed by atoms with Gasteiger partial charge < -0.3 is 10.6 Å². The minimum Gasteiger partial charge on any atom is -0.355 e. The molecule has 3 nitrogen and oxygen atoms in total. The molecular weight excluding hydrogens is 236 g/mol. The quantitative estimate of drug-likeness (QED) is 0.792. The number of rotatable bonds is 7. The Balaban J connectivity index is 2.49. The van der Waals surface area contributed by atoms with E-state index in [1.165, 1.54) is 5.56 Å². The van der Waals surface area contributed by atoms with Gasteiger partial charge in [0.1, 0.15) is 0 Å². The standard InChI is InChI=1S/C16H26N2O/c1-5-11-17-15(19)13(2)18-12-16(3,4)14-9-7-6-8-10-14/h6-10,13,18H,5,11-12H2,1-4H3,(H,17,19). The predicted molar refractivity (Wildman–Crippen MR) is 80.2 cm³/mol. The summed E-state index contributed by atoms with van der Waals surface area (Å²) < 4.78 is 0. The fraction of sp³-hybridized carbons (Fsp3) is 0.562. The number of benzene rings is 1. The summed E-state index contributed by atoms with van der Waals surface area (Å²) in [5.74, 6) is 0.0747. The third kappa shape index (κ3) is 5.03. The smallest absolute Gasteiger partial charge is 0.236 e. The highest BCUT2D eigenvalue weighted by atomic mass is 16.2. The van der Waals surface area contributed by atoms with Gasteiger partial charge in [0, 0.05) is 18.5 Å². The Morgan fingerprint density at radius 3 is 2.47 bits per heavy atom. The Kier molecular flexibility index (Phi) is 6.03. The molecule has 1 unspecified atom stereocenters. The SMILES string of the molecule is CCCNC(=O)C(C)NCC(C)(C)c1ccccc1. The molecule has 1 atom stereocenters. The van der Waals surface area contributed by atoms with Crippen LogP contribution in [0.15, 0.2) is 30.3 Å². The van der Waals surface area contributed by atoms with Crippen molar-refractivity contribution in [3.63, 3.8) is 0 Å². The number of amides is 1. The highest BCUT2D eigenvalue weighted by Crippen LogP contribution is 2.21. The fourth-order valence-corrected chi connectivity index (χ4v) is 1.89. The molecule has 0 heterocycles. The Bertz CT molecular complexity index is 387. The van der Waals surface area contributed by atoms with Crippen LogP contribution >= 0.6 is 0 Å². The summed E-state index contributed by atoms with van der Waals surface area (Å²) in [6.07, 6.45) is 0.966. The minimum atomic E-state index is -0.158. The minimum absolute atomic E-state index is 0.0144. The summed E-state index contributed by atoms with van der Waals surface area (Å²) in [6.45, 7) is 9.85. The Labute approximate surface area is 116 Å². The first-order valence-electron chi connectivity index (χ1n) is 7.04. The van der Waals surface area contributed by atoms with Crippen molar-refractivity contribution in [1.82, 2.24) is 10.6 Å². The van der Waals surface area contributed by atoms with Crippen LogP contribution < -0.4 is 10.6 Å². The summed E-state index contributed by atoms with van der Waals surface area (Å²) >= 11 is 0. The maximum absolute atomic E-state index is 11.8. The highest BCUT2D eigenvalue weighted by molar-refractivity contribution is 5.81. The van der Waals surface area contributed by atoms with Crippen LogP contribution in [0.2, 0.25) is 0 Å². The Hall–Kier alpha value is -1.35. The molecule has 0 bridgehead atoms. The zero-order chi connectivity index (χ0) is 14.3. The summed E-state index contributed by atoms with van der Waals surface area (Å²) in [5, 5.41) is 6.22. The van der Waals surface area contributed by atoms with Crippen molar-refractivity contribution in [2.75, 3.05) is 13.1 Å². The molecule has 0 aliphatic rings. The monoisotopic (exact) mass is 262 g/mol. The third-order valence-electron chi connectivity index (χ3n) is 3.35. The maximum atomic E-state index is 11.8. The van der Waals surface area contributed by atoms with E-state index in [0.717, 1.165) is 19.5 Å². The average molecular weight is 262 g/mol. The highest BCUT2D eigenvalue weighted by Gasteiger charge is 2.22. The van der Waals surface area contributed by atoms with Gasteiger partial charge in [-0.05, 0) is 18.9 Å². The molecule has 1 amide bonds. The van der Waals surface area contributed by atoms with E-state index in [1.807, 2.05) is 13.0 Å². The van der Waals surface area contributed by atoms with Crippen LogP contribution in [0.1, 0.15) is 39.7 Å². The lowest BCUT2D eigenvalue weighted by Gasteiger charge is -2.27. The molecule has 0 spiro atoms. The zero-order valence-corrected chi connectivity index (χ0v) is 12.5. The number of nitrogens with one attached hydrogen (secondary N) is 2. The molecule has 1 aromatic rings. The molecule has 1 rings (SSSR count). The van der Waals surface area contributed by atoms with E-state index >= 15 is 0 Å². The van der Waals surface area contributed by atoms with Crippen molar-refractivity contribution in [3.8, 4) is 0 Å². The number of carbonyl (C=O) groups is 1. The molecule has 2 N–H and O–H groups in total. The molecule has 0 saturated carbocycles. The first-order valence-corrected chi connectivity index (χ1v) is 7.04. The number of carbonyl (C=O) groups excluding carboxylic acids is 1. The molecular formula is C16H26N2O. The topological polar surface area (TPSA) is 41.1 Å². The summed E-state index contributed by atoms with van der Waals surface area (Å²) in [5.41, 5.74) is 1.30. The lowest BCUT2D eigenvalue weighted by atomic mass is 9.84. The van der Waals surface area contributed by atoms with E-state index in [0.29, 0.717) is 0 Å². The van der Waals surface area contributed by atoms with E-state index in [-0.39, 0.29) is 17.4 Å². The summed E-state index contributed by atoms with van der Waals surface area (Å²) in [7, 11) is 0. The van der Waals surface area contributed by atoms with Crippen molar-refractivity contribution in [3.05, 3.63) is 35.9 Å². The second-order valence-electron chi connectivity index (χ2n) is 5.64. The van der Waals surface area contributed by atoms with Gasteiger partial charge in [-0.2, -0.15) is 0 Å². The van der Waals surface area contributed by atoms with Gasteiger partial charge in [-0.25, -0.2) is 0 Å². The van der Waals surface area contributed by atoms with Crippen LogP contribution in [-0.2, 0) is 10.2 Å². The van der Waals surface area contributed by atoms with Gasteiger partial charge in [0.05, 0.1) is 6.04 Å². The van der Waals surface area contributed by atoms with Crippen LogP contribution in [-0.4, -0.2) is 25.0 Å². The molecule has 0 aromatic heterocycles. The van der Waals surface area contributed by atoms with Crippen molar-refractivity contribution in [2.45, 2.75) is 45.6 Å². The van der Waals surface area contributed by atoms with Crippen LogP contribution in [0.3, 0.4) is 0 Å². The van der Waals surface area contributed by atoms with Crippen LogP contribution in [0.5, 0.6) is 0 Å². The lowest BCUT2D eigenvalue weighted by Crippen LogP contribution is -2.46. The van der Waals surface area contributed by atoms with E-state index in [2.05, 4.69) is 55.7 Å². The second-order valence-corrected chi connectivity index (χ2v) is 5.64. The molecule has 0 fully saturated rings. The maximum Gasteiger partial charge on any atom is 0.236 e. The van der Waals surface area contributed by atoms with Gasteiger partial charge in [0.2, 0.25) is 5.91 Å². The molecule has 3 heteroatoms. The van der Waals surface area contributed by atoms with Gasteiger partial charge in [-0.15, -0.1) is 0 Å². The van der Waals surface area contributed by atoms with Crippen molar-refractivity contribution >= 4 is 5.91 Å². The fourth-order valence-electron chi connectivity index (χ4n) is 1.89. The van der Waals surface area contributed by atoms with Gasteiger partial charge in [-0.1, -0.05) is 51.1 Å². The molecule has 106 valence electrons. The normalized spacial score (nSPS) is 13.1. The molecule has 0 saturated heterocycles. The van der Waals surface area contributed by atoms with E-state index in [4.69, 9.17) is 0 Å². The summed E-state index contributed by atoms with van der Waals surface area (Å²) in [4.78, 5) is 11.8. The first-order chi connectivity index (χ1) is 8.97. The second kappa shape index (κ2) is 7.29. The molecule has 19 heavy (non-hydrogen) atoms. The van der Waals surface area contributed by atoms with Crippen molar-refractivity contribution < 1.29 is 4.79 Å². The van der Waals surface area contributed by atoms with E-state index in [1.54, 1.807) is 0 Å². The molecule has 0 aliphatic carbocycles. The zero-order valence-electron chi connectivity index (χ0n) is 12.5. The number of hydrogen-bond acceptors (Lipinski definition) is 2. The predicted octanol–water partition coefficient (Wildman–Crippen LogP) is 2.47.